The largest absolute Gasteiger partial charge is 0.468 e. The summed E-state index contributed by atoms with van der Waals surface area (Å²) >= 11 is 5.26. The fourth-order valence-corrected chi connectivity index (χ4v) is 4.44. The maximum absolute atomic E-state index is 12.6. The van der Waals surface area contributed by atoms with Gasteiger partial charge in [0, 0.05) is 12.2 Å². The minimum atomic E-state index is -3.86. The number of hydrogen-bond donors (Lipinski definition) is 3. The standard InChI is InChI=1S/C23H29N3O6S2/c1-16-7-13-19(14-8-16)34(29,30)26-20(22(28)32-3)6-4-5-15-24-23(33)25-18-11-9-17(10-12-18)21(27)31-2/h7-14,20,26H,4-6,15H2,1-3H3,(H2,24,25,33). The molecule has 34 heavy (non-hydrogen) atoms. The van der Waals surface area contributed by atoms with E-state index in [2.05, 4.69) is 20.1 Å². The zero-order valence-corrected chi connectivity index (χ0v) is 20.9. The quantitative estimate of drug-likeness (QED) is 0.239. The van der Waals surface area contributed by atoms with Crippen LogP contribution in [0.25, 0.3) is 0 Å². The van der Waals surface area contributed by atoms with E-state index in [1.165, 1.54) is 26.4 Å². The number of benzene rings is 2. The summed E-state index contributed by atoms with van der Waals surface area (Å²) in [6.07, 6.45) is 1.47. The van der Waals surface area contributed by atoms with Gasteiger partial charge in [-0.15, -0.1) is 0 Å². The zero-order valence-electron chi connectivity index (χ0n) is 19.3. The molecule has 0 heterocycles. The van der Waals surface area contributed by atoms with Gasteiger partial charge in [-0.1, -0.05) is 17.7 Å². The van der Waals surface area contributed by atoms with Crippen LogP contribution >= 0.6 is 12.2 Å². The Labute approximate surface area is 205 Å². The Morgan fingerprint density at radius 1 is 0.971 bits per heavy atom. The molecule has 3 N–H and O–H groups in total. The van der Waals surface area contributed by atoms with Crippen molar-refractivity contribution in [1.82, 2.24) is 10.0 Å². The van der Waals surface area contributed by atoms with Crippen LogP contribution in [0.4, 0.5) is 5.69 Å². The molecule has 0 amide bonds. The molecule has 1 unspecified atom stereocenters. The van der Waals surface area contributed by atoms with Crippen molar-refractivity contribution in [3.05, 3.63) is 59.7 Å². The molecule has 0 saturated carbocycles. The number of hydrogen-bond acceptors (Lipinski definition) is 7. The van der Waals surface area contributed by atoms with E-state index < -0.39 is 28.0 Å². The molecule has 2 aromatic carbocycles. The molecule has 0 aromatic heterocycles. The van der Waals surface area contributed by atoms with Crippen LogP contribution in [0, 0.1) is 6.92 Å². The van der Waals surface area contributed by atoms with Gasteiger partial charge >= 0.3 is 11.9 Å². The molecule has 1 atom stereocenters. The molecule has 0 bridgehead atoms. The second-order valence-electron chi connectivity index (χ2n) is 7.46. The van der Waals surface area contributed by atoms with Gasteiger partial charge in [-0.2, -0.15) is 4.72 Å². The molecule has 0 saturated heterocycles. The van der Waals surface area contributed by atoms with Crippen molar-refractivity contribution in [1.29, 1.82) is 0 Å². The monoisotopic (exact) mass is 507 g/mol. The maximum atomic E-state index is 12.6. The number of carbonyl (C=O) groups excluding carboxylic acids is 2. The third-order valence-corrected chi connectivity index (χ3v) is 6.62. The summed E-state index contributed by atoms with van der Waals surface area (Å²) in [5.74, 6) is -1.06. The summed E-state index contributed by atoms with van der Waals surface area (Å²) in [7, 11) is -1.32. The van der Waals surface area contributed by atoms with Gasteiger partial charge < -0.3 is 20.1 Å². The van der Waals surface area contributed by atoms with Crippen LogP contribution in [-0.2, 0) is 24.3 Å². The van der Waals surface area contributed by atoms with Crippen LogP contribution in [0.3, 0.4) is 0 Å². The first kappa shape index (κ1) is 27.2. The molecule has 11 heteroatoms. The van der Waals surface area contributed by atoms with Gasteiger partial charge in [0.1, 0.15) is 6.04 Å². The Kier molecular flexibility index (Phi) is 10.4. The molecule has 0 spiro atoms. The van der Waals surface area contributed by atoms with Crippen LogP contribution in [-0.4, -0.2) is 52.3 Å². The van der Waals surface area contributed by atoms with Gasteiger partial charge in [0.15, 0.2) is 5.11 Å². The van der Waals surface area contributed by atoms with Crippen molar-refractivity contribution in [3.63, 3.8) is 0 Å². The molecule has 184 valence electrons. The van der Waals surface area contributed by atoms with Gasteiger partial charge in [-0.3, -0.25) is 4.79 Å². The molecule has 0 aliphatic rings. The summed E-state index contributed by atoms with van der Waals surface area (Å²) in [5.41, 5.74) is 2.08. The predicted octanol–water partition coefficient (Wildman–Crippen LogP) is 2.76. The maximum Gasteiger partial charge on any atom is 0.337 e. The predicted molar refractivity (Wildman–Crippen MR) is 133 cm³/mol. The minimum Gasteiger partial charge on any atom is -0.468 e. The van der Waals surface area contributed by atoms with Crippen molar-refractivity contribution in [2.75, 3.05) is 26.1 Å². The topological polar surface area (TPSA) is 123 Å². The number of aryl methyl sites for hydroxylation is 1. The summed E-state index contributed by atoms with van der Waals surface area (Å²) in [4.78, 5) is 23.7. The molecule has 0 radical (unpaired) electrons. The van der Waals surface area contributed by atoms with Crippen molar-refractivity contribution in [3.8, 4) is 0 Å². The number of esters is 2. The van der Waals surface area contributed by atoms with Crippen molar-refractivity contribution >= 4 is 45.0 Å². The number of sulfonamides is 1. The Balaban J connectivity index is 1.80. The highest BCUT2D eigenvalue weighted by atomic mass is 32.2. The molecule has 9 nitrogen and oxygen atoms in total. The first-order valence-corrected chi connectivity index (χ1v) is 12.5. The Morgan fingerprint density at radius 3 is 2.21 bits per heavy atom. The first-order chi connectivity index (χ1) is 16.2. The molecular formula is C23H29N3O6S2. The number of anilines is 1. The normalized spacial score (nSPS) is 11.9. The van der Waals surface area contributed by atoms with Gasteiger partial charge in [0.2, 0.25) is 10.0 Å². The summed E-state index contributed by atoms with van der Waals surface area (Å²) in [6, 6.07) is 12.1. The zero-order chi connectivity index (χ0) is 25.1. The van der Waals surface area contributed by atoms with Gasteiger partial charge in [0.05, 0.1) is 24.7 Å². The summed E-state index contributed by atoms with van der Waals surface area (Å²) in [6.45, 7) is 2.38. The lowest BCUT2D eigenvalue weighted by atomic mass is 10.1. The number of ether oxygens (including phenoxy) is 2. The van der Waals surface area contributed by atoms with E-state index in [1.807, 2.05) is 6.92 Å². The van der Waals surface area contributed by atoms with Crippen LogP contribution < -0.4 is 15.4 Å². The Morgan fingerprint density at radius 2 is 1.62 bits per heavy atom. The van der Waals surface area contributed by atoms with E-state index in [4.69, 9.17) is 17.0 Å². The Bertz CT molecular complexity index is 1090. The molecule has 0 aliphatic heterocycles. The van der Waals surface area contributed by atoms with Gasteiger partial charge in [-0.25, -0.2) is 13.2 Å². The smallest absolute Gasteiger partial charge is 0.337 e. The average molecular weight is 508 g/mol. The summed E-state index contributed by atoms with van der Waals surface area (Å²) in [5, 5.41) is 6.46. The van der Waals surface area contributed by atoms with Crippen molar-refractivity contribution in [2.24, 2.45) is 0 Å². The highest BCUT2D eigenvalue weighted by molar-refractivity contribution is 7.89. The van der Waals surface area contributed by atoms with E-state index in [-0.39, 0.29) is 11.3 Å². The van der Waals surface area contributed by atoms with Crippen LogP contribution in [0.15, 0.2) is 53.4 Å². The number of nitrogens with one attached hydrogen (secondary N) is 3. The minimum absolute atomic E-state index is 0.0877. The molecule has 0 fully saturated rings. The lowest BCUT2D eigenvalue weighted by molar-refractivity contribution is -0.142. The second-order valence-corrected chi connectivity index (χ2v) is 9.58. The van der Waals surface area contributed by atoms with E-state index >= 15 is 0 Å². The molecule has 0 aliphatic carbocycles. The first-order valence-electron chi connectivity index (χ1n) is 10.6. The molecule has 2 aromatic rings. The number of carbonyl (C=O) groups is 2. The highest BCUT2D eigenvalue weighted by Crippen LogP contribution is 2.13. The number of thiocarbonyl (C=S) groups is 1. The van der Waals surface area contributed by atoms with Gasteiger partial charge in [-0.05, 0) is 74.8 Å². The van der Waals surface area contributed by atoms with Gasteiger partial charge in [0.25, 0.3) is 0 Å². The number of rotatable bonds is 11. The Hall–Kier alpha value is -3.02. The van der Waals surface area contributed by atoms with Crippen molar-refractivity contribution < 1.29 is 27.5 Å². The van der Waals surface area contributed by atoms with Crippen molar-refractivity contribution in [2.45, 2.75) is 37.1 Å². The van der Waals surface area contributed by atoms with E-state index in [0.29, 0.717) is 35.7 Å². The SMILES string of the molecule is COC(=O)c1ccc(NC(=S)NCCCCC(NS(=O)(=O)c2ccc(C)cc2)C(=O)OC)cc1. The fourth-order valence-electron chi connectivity index (χ4n) is 3.00. The second kappa shape index (κ2) is 13.0. The van der Waals surface area contributed by atoms with Crippen LogP contribution in [0.5, 0.6) is 0 Å². The van der Waals surface area contributed by atoms with E-state index in [1.54, 1.807) is 36.4 Å². The van der Waals surface area contributed by atoms with E-state index in [9.17, 15) is 18.0 Å². The third-order valence-electron chi connectivity index (χ3n) is 4.88. The molecule has 2 rings (SSSR count). The average Bonchev–Trinajstić information content (AvgIpc) is 2.82. The highest BCUT2D eigenvalue weighted by Gasteiger charge is 2.26. The third kappa shape index (κ3) is 8.40. The van der Waals surface area contributed by atoms with Crippen LogP contribution in [0.2, 0.25) is 0 Å². The lowest BCUT2D eigenvalue weighted by Gasteiger charge is -2.17. The van der Waals surface area contributed by atoms with Crippen LogP contribution in [0.1, 0.15) is 35.2 Å². The fraction of sp³-hybridized carbons (Fsp3) is 0.348. The molecular weight excluding hydrogens is 478 g/mol. The number of unbranched alkanes of at least 4 members (excludes halogenated alkanes) is 1. The number of methoxy groups -OCH3 is 2. The summed E-state index contributed by atoms with van der Waals surface area (Å²) < 4.78 is 37.1. The lowest BCUT2D eigenvalue weighted by Crippen LogP contribution is -2.41. The van der Waals surface area contributed by atoms with E-state index in [0.717, 1.165) is 5.56 Å².